The summed E-state index contributed by atoms with van der Waals surface area (Å²) in [6.07, 6.45) is 0. The van der Waals surface area contributed by atoms with Gasteiger partial charge in [0.05, 0.1) is 6.54 Å². The smallest absolute Gasteiger partial charge is 0.184 e. The van der Waals surface area contributed by atoms with Crippen LogP contribution in [0.15, 0.2) is 6.07 Å². The van der Waals surface area contributed by atoms with E-state index < -0.39 is 0 Å². The van der Waals surface area contributed by atoms with Gasteiger partial charge in [-0.3, -0.25) is 4.79 Å². The van der Waals surface area contributed by atoms with E-state index in [1.807, 2.05) is 62.3 Å². The number of fused-ring (bicyclic) bond motifs is 1. The Bertz CT molecular complexity index is 395. The van der Waals surface area contributed by atoms with Crippen LogP contribution in [0.5, 0.6) is 0 Å². The highest BCUT2D eigenvalue weighted by Gasteiger charge is 2.23. The van der Waals surface area contributed by atoms with E-state index in [1.54, 1.807) is 0 Å². The minimum Gasteiger partial charge on any atom is -0.377 e. The normalized spacial score (nSPS) is 10.7. The van der Waals surface area contributed by atoms with Crippen LogP contribution in [0.3, 0.4) is 0 Å². The number of hydrogen-bond acceptors (Lipinski definition) is 2. The van der Waals surface area contributed by atoms with Crippen LogP contribution >= 0.6 is 0 Å². The van der Waals surface area contributed by atoms with Gasteiger partial charge < -0.3 is 5.32 Å². The largest absolute Gasteiger partial charge is 0.377 e. The van der Waals surface area contributed by atoms with Crippen LogP contribution in [-0.2, 0) is 0 Å². The van der Waals surface area contributed by atoms with E-state index in [4.69, 9.17) is 0 Å². The molecule has 0 atom stereocenters. The predicted octanol–water partition coefficient (Wildman–Crippen LogP) is 5.30. The Kier molecular flexibility index (Phi) is 11.2. The lowest BCUT2D eigenvalue weighted by Gasteiger charge is -2.09. The second-order valence-electron chi connectivity index (χ2n) is 3.66. The van der Waals surface area contributed by atoms with Crippen molar-refractivity contribution in [1.82, 2.24) is 0 Å². The monoisotopic (exact) mass is 265 g/mol. The number of nitrogens with one attached hydrogen (secondary N) is 1. The highest BCUT2D eigenvalue weighted by atomic mass is 16.1. The third kappa shape index (κ3) is 4.70. The van der Waals surface area contributed by atoms with Crippen LogP contribution in [-0.4, -0.2) is 12.3 Å². The molecule has 0 saturated heterocycles. The van der Waals surface area contributed by atoms with Crippen LogP contribution in [0, 0.1) is 20.8 Å². The van der Waals surface area contributed by atoms with Gasteiger partial charge in [0.25, 0.3) is 0 Å². The van der Waals surface area contributed by atoms with Gasteiger partial charge in [-0.15, -0.1) is 0 Å². The van der Waals surface area contributed by atoms with Gasteiger partial charge in [0.15, 0.2) is 5.78 Å². The summed E-state index contributed by atoms with van der Waals surface area (Å²) in [6, 6.07) is 2.12. The number of ketones is 1. The van der Waals surface area contributed by atoms with Gasteiger partial charge in [0.2, 0.25) is 0 Å². The Morgan fingerprint density at radius 2 is 1.37 bits per heavy atom. The van der Waals surface area contributed by atoms with E-state index in [0.717, 1.165) is 16.8 Å². The zero-order valence-electron chi connectivity index (χ0n) is 14.2. The molecule has 1 aliphatic heterocycles. The van der Waals surface area contributed by atoms with E-state index in [0.29, 0.717) is 6.54 Å². The van der Waals surface area contributed by atoms with Crippen LogP contribution in [0.25, 0.3) is 0 Å². The average molecular weight is 265 g/mol. The molecule has 0 bridgehead atoms. The third-order valence-electron chi connectivity index (χ3n) is 2.75. The summed E-state index contributed by atoms with van der Waals surface area (Å²) in [6.45, 7) is 18.6. The summed E-state index contributed by atoms with van der Waals surface area (Å²) in [5.74, 6) is 0.222. The van der Waals surface area contributed by atoms with Gasteiger partial charge in [-0.1, -0.05) is 47.6 Å². The van der Waals surface area contributed by atoms with Crippen molar-refractivity contribution < 1.29 is 4.79 Å². The molecule has 1 aromatic carbocycles. The molecule has 0 spiro atoms. The van der Waals surface area contributed by atoms with Crippen molar-refractivity contribution in [3.63, 3.8) is 0 Å². The average Bonchev–Trinajstić information content (AvgIpc) is 2.86. The number of carbonyl (C=O) groups excluding carboxylic acids is 1. The van der Waals surface area contributed by atoms with Crippen molar-refractivity contribution in [2.45, 2.75) is 62.3 Å². The Morgan fingerprint density at radius 3 is 1.84 bits per heavy atom. The van der Waals surface area contributed by atoms with Crippen molar-refractivity contribution in [3.8, 4) is 0 Å². The molecule has 2 heteroatoms. The maximum absolute atomic E-state index is 11.5. The van der Waals surface area contributed by atoms with Gasteiger partial charge in [0, 0.05) is 11.3 Å². The molecular weight excluding hydrogens is 234 g/mol. The van der Waals surface area contributed by atoms with Gasteiger partial charge in [0.1, 0.15) is 0 Å². The number of aryl methyl sites for hydroxylation is 2. The molecule has 19 heavy (non-hydrogen) atoms. The molecule has 0 unspecified atom stereocenters. The summed E-state index contributed by atoms with van der Waals surface area (Å²) in [4.78, 5) is 11.5. The van der Waals surface area contributed by atoms with Gasteiger partial charge in [-0.2, -0.15) is 0 Å². The van der Waals surface area contributed by atoms with Crippen molar-refractivity contribution in [1.29, 1.82) is 0 Å². The molecule has 0 aliphatic carbocycles. The summed E-state index contributed by atoms with van der Waals surface area (Å²) >= 11 is 0. The predicted molar refractivity (Wildman–Crippen MR) is 87.5 cm³/mol. The second kappa shape index (κ2) is 10.6. The molecule has 0 radical (unpaired) electrons. The summed E-state index contributed by atoms with van der Waals surface area (Å²) < 4.78 is 0. The fourth-order valence-corrected chi connectivity index (χ4v) is 1.92. The summed E-state index contributed by atoms with van der Waals surface area (Å²) in [5.41, 5.74) is 5.43. The quantitative estimate of drug-likeness (QED) is 0.689. The maximum Gasteiger partial charge on any atom is 0.184 e. The van der Waals surface area contributed by atoms with E-state index in [9.17, 15) is 4.79 Å². The molecule has 0 aromatic heterocycles. The molecule has 110 valence electrons. The van der Waals surface area contributed by atoms with Gasteiger partial charge in [-0.25, -0.2) is 0 Å². The lowest BCUT2D eigenvalue weighted by Crippen LogP contribution is -2.02. The minimum atomic E-state index is 0.222. The fourth-order valence-electron chi connectivity index (χ4n) is 1.92. The number of carbonyl (C=O) groups is 1. The Hall–Kier alpha value is -1.31. The molecular formula is C17H31NO. The SMILES string of the molecule is CC.CC.CC.Cc1cc(C)c2c(c1C)C(=O)CN2. The van der Waals surface area contributed by atoms with E-state index in [1.165, 1.54) is 11.1 Å². The Balaban J connectivity index is 0. The standard InChI is InChI=1S/C11H13NO.3C2H6/c1-6-4-7(2)11-10(8(6)3)9(13)5-12-11;3*1-2/h4,12H,5H2,1-3H3;3*1-2H3. The van der Waals surface area contributed by atoms with Gasteiger partial charge in [-0.05, 0) is 37.5 Å². The first-order valence-electron chi connectivity index (χ1n) is 7.49. The molecule has 1 N–H and O–H groups in total. The van der Waals surface area contributed by atoms with E-state index in [-0.39, 0.29) is 5.78 Å². The molecule has 2 rings (SSSR count). The topological polar surface area (TPSA) is 29.1 Å². The van der Waals surface area contributed by atoms with Crippen LogP contribution in [0.2, 0.25) is 0 Å². The van der Waals surface area contributed by atoms with Crippen molar-refractivity contribution in [2.75, 3.05) is 11.9 Å². The molecule has 0 fully saturated rings. The molecule has 0 amide bonds. The lowest BCUT2D eigenvalue weighted by atomic mass is 9.97. The first-order chi connectivity index (χ1) is 9.11. The maximum atomic E-state index is 11.5. The van der Waals surface area contributed by atoms with Crippen LogP contribution < -0.4 is 5.32 Å². The first kappa shape index (κ1) is 20.0. The molecule has 1 aliphatic rings. The number of rotatable bonds is 0. The molecule has 1 aromatic rings. The first-order valence-corrected chi connectivity index (χ1v) is 7.49. The zero-order valence-corrected chi connectivity index (χ0v) is 14.2. The number of Topliss-reactive ketones (excluding diaryl/α,β-unsaturated/α-hetero) is 1. The second-order valence-corrected chi connectivity index (χ2v) is 3.66. The third-order valence-corrected chi connectivity index (χ3v) is 2.75. The van der Waals surface area contributed by atoms with Crippen molar-refractivity contribution >= 4 is 11.5 Å². The zero-order chi connectivity index (χ0) is 15.6. The highest BCUT2D eigenvalue weighted by molar-refractivity contribution is 6.10. The van der Waals surface area contributed by atoms with Crippen LogP contribution in [0.1, 0.15) is 68.6 Å². The van der Waals surface area contributed by atoms with E-state index in [2.05, 4.69) is 11.4 Å². The molecule has 1 heterocycles. The van der Waals surface area contributed by atoms with Gasteiger partial charge >= 0.3 is 0 Å². The fraction of sp³-hybridized carbons (Fsp3) is 0.588. The number of benzene rings is 1. The van der Waals surface area contributed by atoms with Crippen molar-refractivity contribution in [2.24, 2.45) is 0 Å². The molecule has 0 saturated carbocycles. The summed E-state index contributed by atoms with van der Waals surface area (Å²) in [7, 11) is 0. The van der Waals surface area contributed by atoms with Crippen LogP contribution in [0.4, 0.5) is 5.69 Å². The lowest BCUT2D eigenvalue weighted by molar-refractivity contribution is 0.101. The van der Waals surface area contributed by atoms with E-state index >= 15 is 0 Å². The Morgan fingerprint density at radius 1 is 0.895 bits per heavy atom. The highest BCUT2D eigenvalue weighted by Crippen LogP contribution is 2.30. The van der Waals surface area contributed by atoms with Crippen molar-refractivity contribution in [3.05, 3.63) is 28.3 Å². The Labute approximate surface area is 119 Å². The number of hydrogen-bond donors (Lipinski definition) is 1. The minimum absolute atomic E-state index is 0.222. The summed E-state index contributed by atoms with van der Waals surface area (Å²) in [5, 5.41) is 3.14. The number of anilines is 1. The molecule has 2 nitrogen and oxygen atoms in total.